The van der Waals surface area contributed by atoms with Crippen LogP contribution in [0.3, 0.4) is 0 Å². The molecule has 0 unspecified atom stereocenters. The zero-order valence-corrected chi connectivity index (χ0v) is 11.6. The van der Waals surface area contributed by atoms with Crippen molar-refractivity contribution >= 4 is 23.5 Å². The van der Waals surface area contributed by atoms with E-state index < -0.39 is 0 Å². The third kappa shape index (κ3) is 3.30. The molecule has 0 spiro atoms. The zero-order chi connectivity index (χ0) is 14.4. The number of nitrogens with one attached hydrogen (secondary N) is 2. The highest BCUT2D eigenvalue weighted by molar-refractivity contribution is 7.98. The summed E-state index contributed by atoms with van der Waals surface area (Å²) in [6, 6.07) is 3.35. The topological polar surface area (TPSA) is 71.8 Å². The van der Waals surface area contributed by atoms with Crippen LogP contribution in [0.5, 0.6) is 0 Å². The standard InChI is InChI=1S/C13H13N5OS/c1-3-6-15-13(19)16-11-9-18(17-12(11)20-2)10-5-4-7-14-8-10/h1,4-5,7-9H,6H2,2H3,(H2,15,16,19). The number of terminal acetylenes is 1. The van der Waals surface area contributed by atoms with Gasteiger partial charge in [0.2, 0.25) is 0 Å². The minimum absolute atomic E-state index is 0.178. The highest BCUT2D eigenvalue weighted by atomic mass is 32.2. The van der Waals surface area contributed by atoms with Gasteiger partial charge in [-0.3, -0.25) is 4.98 Å². The van der Waals surface area contributed by atoms with E-state index in [4.69, 9.17) is 6.42 Å². The molecule has 2 amide bonds. The Morgan fingerprint density at radius 1 is 1.60 bits per heavy atom. The summed E-state index contributed by atoms with van der Waals surface area (Å²) in [7, 11) is 0. The first kappa shape index (κ1) is 14.0. The molecule has 102 valence electrons. The summed E-state index contributed by atoms with van der Waals surface area (Å²) < 4.78 is 1.66. The van der Waals surface area contributed by atoms with Crippen molar-refractivity contribution in [2.45, 2.75) is 5.03 Å². The van der Waals surface area contributed by atoms with Crippen LogP contribution in [0.15, 0.2) is 35.7 Å². The first-order chi connectivity index (χ1) is 9.74. The fraction of sp³-hybridized carbons (Fsp3) is 0.154. The van der Waals surface area contributed by atoms with Gasteiger partial charge in [0.1, 0.15) is 5.03 Å². The molecule has 0 aliphatic heterocycles. The Morgan fingerprint density at radius 3 is 3.10 bits per heavy atom. The Bertz CT molecular complexity index is 632. The summed E-state index contributed by atoms with van der Waals surface area (Å²) >= 11 is 1.44. The molecule has 0 radical (unpaired) electrons. The molecule has 0 saturated heterocycles. The number of urea groups is 1. The van der Waals surface area contributed by atoms with Gasteiger partial charge in [-0.1, -0.05) is 5.92 Å². The summed E-state index contributed by atoms with van der Waals surface area (Å²) in [5.41, 5.74) is 1.44. The van der Waals surface area contributed by atoms with Crippen LogP contribution in [0.4, 0.5) is 10.5 Å². The molecule has 0 aliphatic rings. The average molecular weight is 287 g/mol. The van der Waals surface area contributed by atoms with Crippen LogP contribution in [0.25, 0.3) is 5.69 Å². The van der Waals surface area contributed by atoms with E-state index in [9.17, 15) is 4.79 Å². The molecule has 2 aromatic rings. The summed E-state index contributed by atoms with van der Waals surface area (Å²) in [6.45, 7) is 0.178. The summed E-state index contributed by atoms with van der Waals surface area (Å²) in [6.07, 6.45) is 12.1. The summed E-state index contributed by atoms with van der Waals surface area (Å²) in [5, 5.41) is 10.4. The number of pyridine rings is 1. The van der Waals surface area contributed by atoms with Crippen molar-refractivity contribution in [1.29, 1.82) is 0 Å². The van der Waals surface area contributed by atoms with Crippen LogP contribution in [-0.4, -0.2) is 33.6 Å². The molecule has 2 rings (SSSR count). The van der Waals surface area contributed by atoms with E-state index in [1.165, 1.54) is 11.8 Å². The van der Waals surface area contributed by atoms with Gasteiger partial charge in [0.05, 0.1) is 30.3 Å². The largest absolute Gasteiger partial charge is 0.327 e. The van der Waals surface area contributed by atoms with Gasteiger partial charge in [0, 0.05) is 6.20 Å². The van der Waals surface area contributed by atoms with Crippen molar-refractivity contribution < 1.29 is 4.79 Å². The van der Waals surface area contributed by atoms with Gasteiger partial charge >= 0.3 is 6.03 Å². The van der Waals surface area contributed by atoms with E-state index in [1.807, 2.05) is 18.4 Å². The van der Waals surface area contributed by atoms with E-state index in [0.29, 0.717) is 10.7 Å². The van der Waals surface area contributed by atoms with Gasteiger partial charge in [-0.05, 0) is 18.4 Å². The number of anilines is 1. The van der Waals surface area contributed by atoms with Gasteiger partial charge in [-0.2, -0.15) is 5.10 Å². The number of carbonyl (C=O) groups is 1. The van der Waals surface area contributed by atoms with Crippen LogP contribution >= 0.6 is 11.8 Å². The predicted octanol–water partition coefficient (Wildman–Crippen LogP) is 1.74. The summed E-state index contributed by atoms with van der Waals surface area (Å²) in [5.74, 6) is 2.34. The van der Waals surface area contributed by atoms with Gasteiger partial charge < -0.3 is 10.6 Å². The Morgan fingerprint density at radius 2 is 2.45 bits per heavy atom. The Hall–Kier alpha value is -2.46. The van der Waals surface area contributed by atoms with Crippen molar-refractivity contribution in [3.8, 4) is 18.0 Å². The number of nitrogens with zero attached hydrogens (tertiary/aromatic N) is 3. The maximum atomic E-state index is 11.6. The molecule has 20 heavy (non-hydrogen) atoms. The van der Waals surface area contributed by atoms with E-state index in [2.05, 4.69) is 26.6 Å². The number of carbonyl (C=O) groups excluding carboxylic acids is 1. The van der Waals surface area contributed by atoms with Crippen molar-refractivity contribution in [1.82, 2.24) is 20.1 Å². The van der Waals surface area contributed by atoms with E-state index in [0.717, 1.165) is 5.69 Å². The molecule has 6 nitrogen and oxygen atoms in total. The number of hydrogen-bond donors (Lipinski definition) is 2. The normalized spacial score (nSPS) is 9.80. The second-order valence-corrected chi connectivity index (χ2v) is 4.51. The molecule has 0 fully saturated rings. The third-order valence-electron chi connectivity index (χ3n) is 2.38. The fourth-order valence-electron chi connectivity index (χ4n) is 1.51. The van der Waals surface area contributed by atoms with Crippen LogP contribution in [0.2, 0.25) is 0 Å². The van der Waals surface area contributed by atoms with Crippen LogP contribution in [0, 0.1) is 12.3 Å². The molecule has 2 N–H and O–H groups in total. The minimum Gasteiger partial charge on any atom is -0.327 e. The van der Waals surface area contributed by atoms with E-state index in [1.54, 1.807) is 23.3 Å². The minimum atomic E-state index is -0.357. The van der Waals surface area contributed by atoms with Gasteiger partial charge in [0.15, 0.2) is 0 Å². The second kappa shape index (κ2) is 6.63. The predicted molar refractivity (Wildman–Crippen MR) is 79.0 cm³/mol. The molecule has 0 bridgehead atoms. The van der Waals surface area contributed by atoms with Gasteiger partial charge in [0.25, 0.3) is 0 Å². The Kier molecular flexibility index (Phi) is 4.63. The Balaban J connectivity index is 2.20. The smallest absolute Gasteiger partial charge is 0.320 e. The highest BCUT2D eigenvalue weighted by Crippen LogP contribution is 2.24. The van der Waals surface area contributed by atoms with Crippen LogP contribution in [-0.2, 0) is 0 Å². The molecule has 7 heteroatoms. The molecule has 0 saturated carbocycles. The molecular weight excluding hydrogens is 274 g/mol. The summed E-state index contributed by atoms with van der Waals surface area (Å²) in [4.78, 5) is 15.6. The first-order valence-corrected chi connectivity index (χ1v) is 6.99. The molecule has 0 aromatic carbocycles. The highest BCUT2D eigenvalue weighted by Gasteiger charge is 2.11. The maximum Gasteiger partial charge on any atom is 0.320 e. The molecular formula is C13H13N5OS. The number of hydrogen-bond acceptors (Lipinski definition) is 4. The van der Waals surface area contributed by atoms with Crippen molar-refractivity contribution in [3.63, 3.8) is 0 Å². The third-order valence-corrected chi connectivity index (χ3v) is 3.07. The number of aromatic nitrogens is 3. The Labute approximate surface area is 121 Å². The van der Waals surface area contributed by atoms with Crippen molar-refractivity contribution in [2.75, 3.05) is 18.1 Å². The first-order valence-electron chi connectivity index (χ1n) is 5.77. The fourth-order valence-corrected chi connectivity index (χ4v) is 2.01. The quantitative estimate of drug-likeness (QED) is 0.664. The van der Waals surface area contributed by atoms with E-state index >= 15 is 0 Å². The molecule has 2 aromatic heterocycles. The monoisotopic (exact) mass is 287 g/mol. The SMILES string of the molecule is C#CCNC(=O)Nc1cn(-c2cccnc2)nc1SC. The molecule has 2 heterocycles. The van der Waals surface area contributed by atoms with Crippen LogP contribution in [0.1, 0.15) is 0 Å². The second-order valence-electron chi connectivity index (χ2n) is 3.72. The zero-order valence-electron chi connectivity index (χ0n) is 10.8. The van der Waals surface area contributed by atoms with Crippen molar-refractivity contribution in [2.24, 2.45) is 0 Å². The lowest BCUT2D eigenvalue weighted by Gasteiger charge is -2.03. The maximum absolute atomic E-state index is 11.6. The van der Waals surface area contributed by atoms with Crippen molar-refractivity contribution in [3.05, 3.63) is 30.7 Å². The van der Waals surface area contributed by atoms with Gasteiger partial charge in [-0.15, -0.1) is 18.2 Å². The lowest BCUT2D eigenvalue weighted by atomic mass is 10.4. The average Bonchev–Trinajstić information content (AvgIpc) is 2.89. The lowest BCUT2D eigenvalue weighted by Crippen LogP contribution is -2.28. The van der Waals surface area contributed by atoms with Crippen LogP contribution < -0.4 is 10.6 Å². The lowest BCUT2D eigenvalue weighted by molar-refractivity contribution is 0.253. The molecule has 0 aliphatic carbocycles. The van der Waals surface area contributed by atoms with Gasteiger partial charge in [-0.25, -0.2) is 9.48 Å². The number of rotatable bonds is 4. The number of amides is 2. The number of thioether (sulfide) groups is 1. The molecule has 0 atom stereocenters. The van der Waals surface area contributed by atoms with E-state index in [-0.39, 0.29) is 12.6 Å².